The molecule has 1 amide bonds. The number of rotatable bonds is 5. The summed E-state index contributed by atoms with van der Waals surface area (Å²) in [6.45, 7) is 5.25. The molecule has 15 N–H and O–H groups in total. The molecule has 4 heterocycles. The van der Waals surface area contributed by atoms with Crippen LogP contribution in [0.25, 0.3) is 0 Å². The average molecular weight is 851 g/mol. The Bertz CT molecular complexity index is 1830. The van der Waals surface area contributed by atoms with Gasteiger partial charge in [0.05, 0.1) is 0 Å². The molecule has 3 radical (unpaired) electrons. The molecule has 28 heteroatoms. The number of nitrogens with one attached hydrogen (secondary N) is 2. The Labute approximate surface area is 329 Å². The van der Waals surface area contributed by atoms with Crippen molar-refractivity contribution in [1.29, 1.82) is 0 Å². The Morgan fingerprint density at radius 1 is 0.692 bits per heavy atom. The topological polar surface area (TPSA) is 377 Å². The highest BCUT2D eigenvalue weighted by Crippen LogP contribution is 2.32. The van der Waals surface area contributed by atoms with E-state index in [4.69, 9.17) is 97.6 Å². The highest BCUT2D eigenvalue weighted by Gasteiger charge is 2.10. The van der Waals surface area contributed by atoms with E-state index in [9.17, 15) is 9.59 Å². The molecular formula is C24H34BCl6N16O5. The zero-order valence-electron chi connectivity index (χ0n) is 26.2. The molecular weight excluding hydrogens is 816 g/mol. The lowest BCUT2D eigenvalue weighted by atomic mass is 10.5. The number of hydrogen-bond donors (Lipinski definition) is 7. The van der Waals surface area contributed by atoms with Crippen LogP contribution < -0.4 is 33.8 Å². The first-order chi connectivity index (χ1) is 22.6. The van der Waals surface area contributed by atoms with Gasteiger partial charge in [-0.15, -0.1) is 0 Å². The number of nitrogens with two attached hydrogens (primary N) is 4. The van der Waals surface area contributed by atoms with Gasteiger partial charge < -0.3 is 44.3 Å². The number of amides is 1. The van der Waals surface area contributed by atoms with E-state index >= 15 is 0 Å². The first-order valence-electron chi connectivity index (χ1n) is 12.3. The SMILES string of the molecule is C.CC=Nc1c(Cl)nc(N)nc1Cl.CC=Nc1nc(Cl)c(N=CC)c(Cl)n1.Nc1nc(Cl)c(NC=O)c(Cl)n1.Nc1nc(O)c(N)c(=O)[nH]1.O.O.[2HH].[B]. The van der Waals surface area contributed by atoms with Crippen molar-refractivity contribution in [2.75, 3.05) is 28.3 Å². The predicted octanol–water partition coefficient (Wildman–Crippen LogP) is 3.74. The van der Waals surface area contributed by atoms with E-state index in [-0.39, 0.29) is 94.3 Å². The van der Waals surface area contributed by atoms with Crippen LogP contribution in [0.2, 0.25) is 30.9 Å². The molecule has 52 heavy (non-hydrogen) atoms. The number of halogens is 6. The van der Waals surface area contributed by atoms with Crippen LogP contribution in [0, 0.1) is 0 Å². The highest BCUT2D eigenvalue weighted by molar-refractivity contribution is 6.39. The summed E-state index contributed by atoms with van der Waals surface area (Å²) in [6.07, 6.45) is 5.10. The Hall–Kier alpha value is -4.68. The molecule has 0 bridgehead atoms. The van der Waals surface area contributed by atoms with Crippen LogP contribution in [-0.2, 0) is 4.79 Å². The average Bonchev–Trinajstić information content (AvgIpc) is 2.98. The van der Waals surface area contributed by atoms with Crippen molar-refractivity contribution in [3.05, 3.63) is 41.3 Å². The van der Waals surface area contributed by atoms with Gasteiger partial charge in [-0.1, -0.05) is 77.0 Å². The van der Waals surface area contributed by atoms with Gasteiger partial charge >= 0.3 is 0 Å². The Kier molecular flexibility index (Phi) is 28.1. The molecule has 4 rings (SSSR count). The molecule has 0 aliphatic carbocycles. The Balaban J connectivity index is -0.000000188. The third-order valence-corrected chi connectivity index (χ3v) is 5.96. The number of anilines is 5. The summed E-state index contributed by atoms with van der Waals surface area (Å²) >= 11 is 34.2. The smallest absolute Gasteiger partial charge is 0.279 e. The molecule has 0 saturated carbocycles. The van der Waals surface area contributed by atoms with Gasteiger partial charge in [0.25, 0.3) is 11.5 Å². The molecule has 21 nitrogen and oxygen atoms in total. The van der Waals surface area contributed by atoms with E-state index in [0.717, 1.165) is 0 Å². The van der Waals surface area contributed by atoms with Crippen LogP contribution in [0.1, 0.15) is 29.6 Å². The molecule has 0 fully saturated rings. The van der Waals surface area contributed by atoms with Crippen LogP contribution in [0.4, 0.5) is 46.5 Å². The third kappa shape index (κ3) is 17.5. The fraction of sp³-hybridized carbons (Fsp3) is 0.167. The van der Waals surface area contributed by atoms with Gasteiger partial charge in [0.1, 0.15) is 17.1 Å². The number of aromatic nitrogens is 8. The minimum absolute atomic E-state index is 0. The van der Waals surface area contributed by atoms with Crippen LogP contribution in [-0.4, -0.2) is 89.4 Å². The van der Waals surface area contributed by atoms with E-state index in [1.807, 2.05) is 0 Å². The summed E-state index contributed by atoms with van der Waals surface area (Å²) in [5.41, 5.74) is 20.5. The number of H-pyrrole nitrogens is 1. The third-order valence-electron chi connectivity index (χ3n) is 4.36. The lowest BCUT2D eigenvalue weighted by Gasteiger charge is -2.03. The van der Waals surface area contributed by atoms with Crippen molar-refractivity contribution in [2.24, 2.45) is 15.0 Å². The predicted molar refractivity (Wildman–Crippen MR) is 213 cm³/mol. The summed E-state index contributed by atoms with van der Waals surface area (Å²) in [5, 5.41) is 11.7. The molecule has 0 aromatic carbocycles. The van der Waals surface area contributed by atoms with Crippen molar-refractivity contribution in [1.82, 2.24) is 39.9 Å². The molecule has 285 valence electrons. The van der Waals surface area contributed by atoms with E-state index < -0.39 is 11.4 Å². The monoisotopic (exact) mass is 848 g/mol. The number of hydrogen-bond acceptors (Lipinski definition) is 17. The largest absolute Gasteiger partial charge is 0.492 e. The molecule has 4 aromatic rings. The van der Waals surface area contributed by atoms with Crippen molar-refractivity contribution in [2.45, 2.75) is 28.2 Å². The highest BCUT2D eigenvalue weighted by atomic mass is 35.5. The summed E-state index contributed by atoms with van der Waals surface area (Å²) < 4.78 is 0. The standard InChI is InChI=1S/C8H8Cl2N4.C6H6Cl2N4.C5H4Cl2N4O.C4H6N4O2.CH4.B.2H2O.H2/c1-3-11-5-6(9)13-8(12-4-2)14-7(5)10;1-2-10-3-4(7)11-6(9)12-5(3)8;6-3-2(9-1-12)4(7)11-5(8)10-3;5-1-2(9)7-4(6)8-3(1)10;;;;;/h3-4H,1-2H3;2H,1H3,(H2,9,11,12);1H,(H,9,12)(H2,8,10,11);5H2,(H4,6,7,8,9,10);1H4;;2*1H2;1H/i;;;;;;;;1+1. The van der Waals surface area contributed by atoms with Crippen molar-refractivity contribution >= 4 is 150 Å². The minimum atomic E-state index is -0.634. The van der Waals surface area contributed by atoms with E-state index in [1.165, 1.54) is 0 Å². The molecule has 0 atom stereocenters. The van der Waals surface area contributed by atoms with E-state index in [0.29, 0.717) is 17.8 Å². The number of nitrogens with zero attached hydrogens (tertiary/aromatic N) is 10. The molecule has 0 saturated heterocycles. The van der Waals surface area contributed by atoms with Crippen molar-refractivity contribution < 1.29 is 22.3 Å². The lowest BCUT2D eigenvalue weighted by Crippen LogP contribution is -2.14. The number of nitrogen functional groups attached to an aromatic ring is 4. The van der Waals surface area contributed by atoms with Crippen LogP contribution in [0.3, 0.4) is 0 Å². The number of aliphatic imine (C=N–C) groups is 3. The molecule has 4 aromatic heterocycles. The summed E-state index contributed by atoms with van der Waals surface area (Å²) in [5.74, 6) is -0.461. The van der Waals surface area contributed by atoms with Gasteiger partial charge in [0, 0.05) is 28.5 Å². The maximum Gasteiger partial charge on any atom is 0.279 e. The molecule has 0 aliphatic heterocycles. The maximum atomic E-state index is 10.6. The summed E-state index contributed by atoms with van der Waals surface area (Å²) in [6, 6.07) is 0. The number of carbonyl (C=O) groups is 1. The summed E-state index contributed by atoms with van der Waals surface area (Å²) in [4.78, 5) is 60.1. The first-order valence-corrected chi connectivity index (χ1v) is 14.6. The quantitative estimate of drug-likeness (QED) is 0.0651. The second-order valence-electron chi connectivity index (χ2n) is 7.62. The number of carbonyl (C=O) groups excluding carboxylic acids is 1. The lowest BCUT2D eigenvalue weighted by molar-refractivity contribution is -0.105. The van der Waals surface area contributed by atoms with Gasteiger partial charge in [-0.3, -0.25) is 24.6 Å². The summed E-state index contributed by atoms with van der Waals surface area (Å²) in [7, 11) is 0. The molecule has 0 spiro atoms. The second-order valence-corrected chi connectivity index (χ2v) is 9.76. The van der Waals surface area contributed by atoms with Gasteiger partial charge in [0.2, 0.25) is 30.1 Å². The zero-order chi connectivity index (χ0) is 36.6. The van der Waals surface area contributed by atoms with Gasteiger partial charge in [0.15, 0.2) is 36.6 Å². The van der Waals surface area contributed by atoms with Crippen LogP contribution in [0.15, 0.2) is 19.8 Å². The fourth-order valence-corrected chi connectivity index (χ4v) is 4.03. The van der Waals surface area contributed by atoms with Gasteiger partial charge in [-0.25, -0.2) is 4.99 Å². The minimum Gasteiger partial charge on any atom is -0.492 e. The van der Waals surface area contributed by atoms with Gasteiger partial charge in [-0.2, -0.15) is 34.9 Å². The zero-order valence-corrected chi connectivity index (χ0v) is 30.7. The molecule has 0 aliphatic rings. The van der Waals surface area contributed by atoms with Crippen molar-refractivity contribution in [3.8, 4) is 5.88 Å². The Morgan fingerprint density at radius 2 is 1.06 bits per heavy atom. The number of aromatic amines is 1. The second kappa shape index (κ2) is 27.0. The van der Waals surface area contributed by atoms with Crippen molar-refractivity contribution in [3.63, 3.8) is 0 Å². The van der Waals surface area contributed by atoms with Crippen LogP contribution >= 0.6 is 69.6 Å². The van der Waals surface area contributed by atoms with Gasteiger partial charge in [-0.05, 0) is 20.8 Å². The number of aromatic hydroxyl groups is 1. The van der Waals surface area contributed by atoms with E-state index in [2.05, 4.69) is 60.2 Å². The fourth-order valence-electron chi connectivity index (χ4n) is 2.54. The normalized spacial score (nSPS) is 9.71. The Morgan fingerprint density at radius 3 is 1.40 bits per heavy atom. The van der Waals surface area contributed by atoms with E-state index in [1.54, 1.807) is 39.4 Å². The van der Waals surface area contributed by atoms with Crippen LogP contribution in [0.5, 0.6) is 5.88 Å². The first kappa shape index (κ1) is 54.1. The molecule has 0 unspecified atom stereocenters. The maximum absolute atomic E-state index is 10.6.